The first kappa shape index (κ1) is 12.7. The average molecular weight is 266 g/mol. The molecule has 0 radical (unpaired) electrons. The first-order chi connectivity index (χ1) is 9.63. The van der Waals surface area contributed by atoms with Crippen LogP contribution in [0.15, 0.2) is 48.8 Å². The van der Waals surface area contributed by atoms with Crippen LogP contribution >= 0.6 is 0 Å². The molecule has 0 N–H and O–H groups in total. The van der Waals surface area contributed by atoms with Crippen molar-refractivity contribution in [2.45, 2.75) is 26.9 Å². The predicted octanol–water partition coefficient (Wildman–Crippen LogP) is 4.10. The lowest BCUT2D eigenvalue weighted by Gasteiger charge is -2.09. The highest BCUT2D eigenvalue weighted by Crippen LogP contribution is 2.23. The lowest BCUT2D eigenvalue weighted by molar-refractivity contribution is 0.242. The molecule has 0 spiro atoms. The summed E-state index contributed by atoms with van der Waals surface area (Å²) in [6.07, 6.45) is 4.27. The summed E-state index contributed by atoms with van der Waals surface area (Å²) in [4.78, 5) is 4.70. The van der Waals surface area contributed by atoms with Crippen molar-refractivity contribution in [1.29, 1.82) is 0 Å². The van der Waals surface area contributed by atoms with Gasteiger partial charge in [-0.15, -0.1) is 0 Å². The maximum Gasteiger partial charge on any atom is 0.140 e. The highest BCUT2D eigenvalue weighted by Gasteiger charge is 2.06. The molecule has 3 rings (SSSR count). The van der Waals surface area contributed by atoms with E-state index < -0.39 is 0 Å². The largest absolute Gasteiger partial charge is 0.491 e. The average Bonchev–Trinajstić information content (AvgIpc) is 2.84. The molecular formula is C17H18N2O. The summed E-state index contributed by atoms with van der Waals surface area (Å²) in [6, 6.07) is 12.2. The first-order valence-electron chi connectivity index (χ1n) is 6.85. The van der Waals surface area contributed by atoms with Crippen LogP contribution in [0.25, 0.3) is 16.9 Å². The molecule has 0 amide bonds. The molecule has 0 unspecified atom stereocenters. The molecule has 3 aromatic rings. The monoisotopic (exact) mass is 266 g/mol. The van der Waals surface area contributed by atoms with E-state index in [-0.39, 0.29) is 6.10 Å². The lowest BCUT2D eigenvalue weighted by Crippen LogP contribution is -2.05. The minimum Gasteiger partial charge on any atom is -0.491 e. The van der Waals surface area contributed by atoms with Gasteiger partial charge in [0.15, 0.2) is 0 Å². The molecule has 0 fully saturated rings. The Hall–Kier alpha value is -2.29. The number of aryl methyl sites for hydroxylation is 1. The Morgan fingerprint density at radius 2 is 1.85 bits per heavy atom. The molecule has 0 aliphatic heterocycles. The number of benzene rings is 1. The van der Waals surface area contributed by atoms with E-state index in [1.54, 1.807) is 0 Å². The molecule has 2 aromatic heterocycles. The lowest BCUT2D eigenvalue weighted by atomic mass is 10.1. The second-order valence-electron chi connectivity index (χ2n) is 5.24. The van der Waals surface area contributed by atoms with E-state index in [9.17, 15) is 0 Å². The van der Waals surface area contributed by atoms with E-state index in [1.165, 1.54) is 5.56 Å². The number of hydrogen-bond donors (Lipinski definition) is 0. The highest BCUT2D eigenvalue weighted by molar-refractivity contribution is 5.64. The Balaban J connectivity index is 1.96. The fourth-order valence-electron chi connectivity index (χ4n) is 2.27. The standard InChI is InChI=1S/C17H18N2O/c1-12(2)20-15-8-6-14(7-9-15)16-11-19-10-4-5-13(3)17(19)18-16/h4-12H,1-3H3. The fourth-order valence-corrected chi connectivity index (χ4v) is 2.27. The first-order valence-corrected chi connectivity index (χ1v) is 6.85. The number of fused-ring (bicyclic) bond motifs is 1. The van der Waals surface area contributed by atoms with Crippen LogP contribution in [0.5, 0.6) is 5.75 Å². The molecule has 0 saturated carbocycles. The molecule has 1 aromatic carbocycles. The van der Waals surface area contributed by atoms with E-state index in [0.29, 0.717) is 0 Å². The molecule has 0 bridgehead atoms. The summed E-state index contributed by atoms with van der Waals surface area (Å²) in [7, 11) is 0. The number of hydrogen-bond acceptors (Lipinski definition) is 2. The van der Waals surface area contributed by atoms with Crippen molar-refractivity contribution in [3.8, 4) is 17.0 Å². The smallest absolute Gasteiger partial charge is 0.140 e. The fraction of sp³-hybridized carbons (Fsp3) is 0.235. The van der Waals surface area contributed by atoms with Crippen LogP contribution in [0.3, 0.4) is 0 Å². The zero-order chi connectivity index (χ0) is 14.1. The topological polar surface area (TPSA) is 26.5 Å². The van der Waals surface area contributed by atoms with Gasteiger partial charge in [0.2, 0.25) is 0 Å². The number of imidazole rings is 1. The number of nitrogens with zero attached hydrogens (tertiary/aromatic N) is 2. The summed E-state index contributed by atoms with van der Waals surface area (Å²) < 4.78 is 7.72. The van der Waals surface area contributed by atoms with Gasteiger partial charge in [0.05, 0.1) is 11.8 Å². The molecule has 0 aliphatic rings. The Bertz CT molecular complexity index is 726. The van der Waals surface area contributed by atoms with Crippen molar-refractivity contribution in [2.24, 2.45) is 0 Å². The number of ether oxygens (including phenoxy) is 1. The summed E-state index contributed by atoms with van der Waals surface area (Å²) in [5.74, 6) is 0.892. The van der Waals surface area contributed by atoms with Gasteiger partial charge in [-0.2, -0.15) is 0 Å². The van der Waals surface area contributed by atoms with Crippen molar-refractivity contribution >= 4 is 5.65 Å². The van der Waals surface area contributed by atoms with Gasteiger partial charge in [-0.05, 0) is 56.7 Å². The maximum atomic E-state index is 5.66. The van der Waals surface area contributed by atoms with Gasteiger partial charge in [0.1, 0.15) is 11.4 Å². The molecular weight excluding hydrogens is 248 g/mol. The SMILES string of the molecule is Cc1cccn2cc(-c3ccc(OC(C)C)cc3)nc12. The van der Waals surface area contributed by atoms with E-state index in [4.69, 9.17) is 9.72 Å². The molecule has 0 atom stereocenters. The summed E-state index contributed by atoms with van der Waals surface area (Å²) >= 11 is 0. The molecule has 2 heterocycles. The third kappa shape index (κ3) is 2.39. The van der Waals surface area contributed by atoms with E-state index in [1.807, 2.05) is 38.2 Å². The minimum atomic E-state index is 0.193. The summed E-state index contributed by atoms with van der Waals surface area (Å²) in [6.45, 7) is 6.13. The Morgan fingerprint density at radius 1 is 1.10 bits per heavy atom. The second kappa shape index (κ2) is 5.00. The third-order valence-electron chi connectivity index (χ3n) is 3.20. The van der Waals surface area contributed by atoms with Crippen LogP contribution in [0.1, 0.15) is 19.4 Å². The van der Waals surface area contributed by atoms with E-state index >= 15 is 0 Å². The Kier molecular flexibility index (Phi) is 3.18. The second-order valence-corrected chi connectivity index (χ2v) is 5.24. The summed E-state index contributed by atoms with van der Waals surface area (Å²) in [5.41, 5.74) is 4.27. The number of pyridine rings is 1. The van der Waals surface area contributed by atoms with Gasteiger partial charge >= 0.3 is 0 Å². The van der Waals surface area contributed by atoms with Gasteiger partial charge in [-0.1, -0.05) is 6.07 Å². The van der Waals surface area contributed by atoms with Crippen molar-refractivity contribution in [2.75, 3.05) is 0 Å². The van der Waals surface area contributed by atoms with Crippen molar-refractivity contribution in [1.82, 2.24) is 9.38 Å². The Labute approximate surface area is 118 Å². The van der Waals surface area contributed by atoms with Crippen LogP contribution in [-0.4, -0.2) is 15.5 Å². The number of aromatic nitrogens is 2. The highest BCUT2D eigenvalue weighted by atomic mass is 16.5. The van der Waals surface area contributed by atoms with Crippen molar-refractivity contribution < 1.29 is 4.74 Å². The molecule has 0 saturated heterocycles. The minimum absolute atomic E-state index is 0.193. The van der Waals surface area contributed by atoms with Crippen LogP contribution in [0.2, 0.25) is 0 Å². The normalized spacial score (nSPS) is 11.2. The number of rotatable bonds is 3. The third-order valence-corrected chi connectivity index (χ3v) is 3.20. The summed E-state index contributed by atoms with van der Waals surface area (Å²) in [5, 5.41) is 0. The molecule has 102 valence electrons. The van der Waals surface area contributed by atoms with Gasteiger partial charge in [0, 0.05) is 18.0 Å². The zero-order valence-corrected chi connectivity index (χ0v) is 12.0. The van der Waals surface area contributed by atoms with Crippen LogP contribution < -0.4 is 4.74 Å². The van der Waals surface area contributed by atoms with Gasteiger partial charge in [-0.25, -0.2) is 4.98 Å². The quantitative estimate of drug-likeness (QED) is 0.713. The van der Waals surface area contributed by atoms with Gasteiger partial charge in [-0.3, -0.25) is 0 Å². The van der Waals surface area contributed by atoms with Crippen LogP contribution in [0, 0.1) is 6.92 Å². The van der Waals surface area contributed by atoms with E-state index in [0.717, 1.165) is 22.7 Å². The molecule has 20 heavy (non-hydrogen) atoms. The maximum absolute atomic E-state index is 5.66. The molecule has 0 aliphatic carbocycles. The van der Waals surface area contributed by atoms with Gasteiger partial charge in [0.25, 0.3) is 0 Å². The van der Waals surface area contributed by atoms with Crippen LogP contribution in [0.4, 0.5) is 0 Å². The Morgan fingerprint density at radius 3 is 2.50 bits per heavy atom. The zero-order valence-electron chi connectivity index (χ0n) is 12.0. The molecule has 3 heteroatoms. The van der Waals surface area contributed by atoms with Crippen molar-refractivity contribution in [3.05, 3.63) is 54.4 Å². The predicted molar refractivity (Wildman–Crippen MR) is 81.1 cm³/mol. The molecule has 3 nitrogen and oxygen atoms in total. The van der Waals surface area contributed by atoms with E-state index in [2.05, 4.69) is 35.7 Å². The van der Waals surface area contributed by atoms with Crippen molar-refractivity contribution in [3.63, 3.8) is 0 Å². The van der Waals surface area contributed by atoms with Crippen LogP contribution in [-0.2, 0) is 0 Å². The van der Waals surface area contributed by atoms with Gasteiger partial charge < -0.3 is 9.14 Å².